The third kappa shape index (κ3) is 6.01. The molecule has 0 N–H and O–H groups in total. The summed E-state index contributed by atoms with van der Waals surface area (Å²) < 4.78 is -1.54. The van der Waals surface area contributed by atoms with Crippen LogP contribution in [0.3, 0.4) is 0 Å². The van der Waals surface area contributed by atoms with E-state index >= 15 is 0 Å². The fourth-order valence-electron chi connectivity index (χ4n) is 0.886. The first kappa shape index (κ1) is 13.8. The molecule has 0 fully saturated rings. The number of hydrogen-bond donors (Lipinski definition) is 0. The lowest BCUT2D eigenvalue weighted by Gasteiger charge is -2.17. The molecule has 0 aliphatic rings. The van der Waals surface area contributed by atoms with Gasteiger partial charge in [0.2, 0.25) is 0 Å². The van der Waals surface area contributed by atoms with Crippen LogP contribution in [0, 0.1) is 0 Å². The van der Waals surface area contributed by atoms with E-state index in [-0.39, 0.29) is 11.8 Å². The minimum Gasteiger partial charge on any atom is -0.278 e. The predicted octanol–water partition coefficient (Wildman–Crippen LogP) is 4.11. The molecule has 0 aliphatic carbocycles. The molecular weight excluding hydrogens is 254 g/mol. The predicted molar refractivity (Wildman–Crippen MR) is 59.1 cm³/mol. The van der Waals surface area contributed by atoms with Crippen molar-refractivity contribution in [2.75, 3.05) is 0 Å². The van der Waals surface area contributed by atoms with Crippen LogP contribution in [-0.2, 0) is 4.79 Å². The molecule has 0 radical (unpaired) electrons. The second kappa shape index (κ2) is 6.34. The summed E-state index contributed by atoms with van der Waals surface area (Å²) in [5.41, 5.74) is 0. The Balaban J connectivity index is 3.89. The quantitative estimate of drug-likeness (QED) is 0.522. The molecule has 0 aliphatic heterocycles. The van der Waals surface area contributed by atoms with Crippen molar-refractivity contribution in [1.29, 1.82) is 0 Å². The highest BCUT2D eigenvalue weighted by Crippen LogP contribution is 2.32. The van der Waals surface area contributed by atoms with Gasteiger partial charge in [0.1, 0.15) is 0 Å². The monoisotopic (exact) mass is 264 g/mol. The lowest BCUT2D eigenvalue weighted by molar-refractivity contribution is -0.112. The molecule has 0 spiro atoms. The van der Waals surface area contributed by atoms with Crippen LogP contribution in [-0.4, -0.2) is 15.0 Å². The van der Waals surface area contributed by atoms with Crippen LogP contribution in [0.2, 0.25) is 0 Å². The molecule has 0 aromatic heterocycles. The first-order valence-electron chi connectivity index (χ1n) is 4.12. The Hall–Kier alpha value is 0.830. The summed E-state index contributed by atoms with van der Waals surface area (Å²) in [6.45, 7) is 2.06. The topological polar surface area (TPSA) is 17.1 Å². The maximum Gasteiger partial charge on any atom is 0.257 e. The Morgan fingerprint density at radius 1 is 1.46 bits per heavy atom. The fraction of sp³-hybridized carbons (Fsp3) is 0.875. The van der Waals surface area contributed by atoms with Gasteiger partial charge in [-0.25, -0.2) is 0 Å². The van der Waals surface area contributed by atoms with Crippen molar-refractivity contribution in [3.05, 3.63) is 0 Å². The number of unbranched alkanes of at least 4 members (excludes halogenated alkanes) is 1. The standard InChI is InChI=1S/C8H12Cl4O/c1-2-3-4-6(9)5-8(11,12)7(10)13/h6H,2-5H2,1H3. The van der Waals surface area contributed by atoms with Crippen LogP contribution in [0.4, 0.5) is 0 Å². The van der Waals surface area contributed by atoms with Gasteiger partial charge in [0.25, 0.3) is 5.24 Å². The van der Waals surface area contributed by atoms with Crippen LogP contribution in [0.25, 0.3) is 0 Å². The highest BCUT2D eigenvalue weighted by atomic mass is 35.5. The number of rotatable bonds is 6. The number of halogens is 4. The third-order valence-corrected chi connectivity index (χ3v) is 3.18. The lowest BCUT2D eigenvalue weighted by atomic mass is 10.1. The Bertz CT molecular complexity index is 170. The summed E-state index contributed by atoms with van der Waals surface area (Å²) in [6.07, 6.45) is 3.04. The van der Waals surface area contributed by atoms with Gasteiger partial charge in [0.05, 0.1) is 0 Å². The van der Waals surface area contributed by atoms with E-state index in [9.17, 15) is 4.79 Å². The molecule has 0 amide bonds. The number of carbonyl (C=O) groups excluding carboxylic acids is 1. The summed E-state index contributed by atoms with van der Waals surface area (Å²) in [7, 11) is 0. The minimum atomic E-state index is -1.54. The Morgan fingerprint density at radius 3 is 2.38 bits per heavy atom. The highest BCUT2D eigenvalue weighted by Gasteiger charge is 2.34. The van der Waals surface area contributed by atoms with Crippen molar-refractivity contribution in [2.45, 2.75) is 42.3 Å². The van der Waals surface area contributed by atoms with E-state index < -0.39 is 9.58 Å². The summed E-state index contributed by atoms with van der Waals surface area (Å²) in [5.74, 6) is 0. The Labute approximate surface area is 98.7 Å². The molecular formula is C8H12Cl4O. The van der Waals surface area contributed by atoms with Crippen LogP contribution in [0.15, 0.2) is 0 Å². The summed E-state index contributed by atoms with van der Waals surface area (Å²) >= 11 is 22.4. The number of carbonyl (C=O) groups is 1. The summed E-state index contributed by atoms with van der Waals surface area (Å²) in [5, 5.41) is -0.962. The second-order valence-corrected chi connectivity index (χ2v) is 5.37. The second-order valence-electron chi connectivity index (χ2n) is 2.92. The van der Waals surface area contributed by atoms with E-state index in [1.165, 1.54) is 0 Å². The van der Waals surface area contributed by atoms with Crippen molar-refractivity contribution >= 4 is 51.6 Å². The van der Waals surface area contributed by atoms with Crippen molar-refractivity contribution < 1.29 is 4.79 Å². The largest absolute Gasteiger partial charge is 0.278 e. The van der Waals surface area contributed by atoms with Gasteiger partial charge in [0, 0.05) is 11.8 Å². The molecule has 0 heterocycles. The molecule has 0 rings (SSSR count). The molecule has 78 valence electrons. The SMILES string of the molecule is CCCCC(Cl)CC(Cl)(Cl)C(=O)Cl. The maximum atomic E-state index is 10.7. The molecule has 0 bridgehead atoms. The lowest BCUT2D eigenvalue weighted by Crippen LogP contribution is -2.25. The van der Waals surface area contributed by atoms with Crippen molar-refractivity contribution in [1.82, 2.24) is 0 Å². The molecule has 0 aromatic rings. The first-order chi connectivity index (χ1) is 5.90. The van der Waals surface area contributed by atoms with Gasteiger partial charge in [-0.3, -0.25) is 4.79 Å². The van der Waals surface area contributed by atoms with Gasteiger partial charge < -0.3 is 0 Å². The average molecular weight is 266 g/mol. The van der Waals surface area contributed by atoms with Gasteiger partial charge in [-0.15, -0.1) is 11.6 Å². The smallest absolute Gasteiger partial charge is 0.257 e. The normalized spacial score (nSPS) is 14.2. The van der Waals surface area contributed by atoms with Crippen LogP contribution in [0.1, 0.15) is 32.6 Å². The first-order valence-corrected chi connectivity index (χ1v) is 5.69. The molecule has 5 heteroatoms. The minimum absolute atomic E-state index is 0.194. The molecule has 1 atom stereocenters. The van der Waals surface area contributed by atoms with E-state index in [4.69, 9.17) is 46.4 Å². The van der Waals surface area contributed by atoms with Gasteiger partial charge in [0.15, 0.2) is 4.33 Å². The van der Waals surface area contributed by atoms with E-state index in [1.807, 2.05) is 0 Å². The highest BCUT2D eigenvalue weighted by molar-refractivity contribution is 6.78. The fourth-order valence-corrected chi connectivity index (χ4v) is 1.88. The van der Waals surface area contributed by atoms with Gasteiger partial charge >= 0.3 is 0 Å². The average Bonchev–Trinajstić information content (AvgIpc) is 1.99. The molecule has 1 unspecified atom stereocenters. The molecule has 0 aromatic carbocycles. The number of hydrogen-bond acceptors (Lipinski definition) is 1. The maximum absolute atomic E-state index is 10.7. The number of alkyl halides is 3. The summed E-state index contributed by atoms with van der Waals surface area (Å²) in [6, 6.07) is 0. The molecule has 1 nitrogen and oxygen atoms in total. The Morgan fingerprint density at radius 2 is 2.00 bits per heavy atom. The van der Waals surface area contributed by atoms with Crippen molar-refractivity contribution in [3.63, 3.8) is 0 Å². The van der Waals surface area contributed by atoms with Gasteiger partial charge in [-0.1, -0.05) is 43.0 Å². The van der Waals surface area contributed by atoms with Crippen molar-refractivity contribution in [2.24, 2.45) is 0 Å². The van der Waals surface area contributed by atoms with Gasteiger partial charge in [-0.05, 0) is 18.0 Å². The van der Waals surface area contributed by atoms with E-state index in [0.29, 0.717) is 0 Å². The van der Waals surface area contributed by atoms with Gasteiger partial charge in [-0.2, -0.15) is 0 Å². The Kier molecular flexibility index (Phi) is 6.74. The van der Waals surface area contributed by atoms with Crippen LogP contribution < -0.4 is 0 Å². The van der Waals surface area contributed by atoms with E-state index in [1.54, 1.807) is 0 Å². The molecule has 0 saturated heterocycles. The third-order valence-electron chi connectivity index (χ3n) is 1.64. The van der Waals surface area contributed by atoms with E-state index in [2.05, 4.69) is 6.92 Å². The zero-order valence-electron chi connectivity index (χ0n) is 7.33. The van der Waals surface area contributed by atoms with E-state index in [0.717, 1.165) is 19.3 Å². The zero-order valence-corrected chi connectivity index (χ0v) is 10.3. The van der Waals surface area contributed by atoms with Crippen LogP contribution in [0.5, 0.6) is 0 Å². The van der Waals surface area contributed by atoms with Crippen LogP contribution >= 0.6 is 46.4 Å². The summed E-state index contributed by atoms with van der Waals surface area (Å²) in [4.78, 5) is 10.7. The molecule has 0 saturated carbocycles. The molecule has 13 heavy (non-hydrogen) atoms. The van der Waals surface area contributed by atoms with Crippen molar-refractivity contribution in [3.8, 4) is 0 Å². The zero-order chi connectivity index (χ0) is 10.5.